The van der Waals surface area contributed by atoms with Gasteiger partial charge >= 0.3 is 0 Å². The minimum atomic E-state index is -0.474. The highest BCUT2D eigenvalue weighted by atomic mass is 32.2. The molecule has 0 radical (unpaired) electrons. The number of nitrogen functional groups attached to an aromatic ring is 1. The molecule has 4 nitrogen and oxygen atoms in total. The summed E-state index contributed by atoms with van der Waals surface area (Å²) in [7, 11) is 0. The van der Waals surface area contributed by atoms with E-state index in [2.05, 4.69) is 18.7 Å². The summed E-state index contributed by atoms with van der Waals surface area (Å²) in [6.07, 6.45) is 0.679. The molecule has 1 aromatic carbocycles. The minimum absolute atomic E-state index is 0.302. The van der Waals surface area contributed by atoms with Crippen molar-refractivity contribution in [2.24, 2.45) is 0 Å². The number of rotatable bonds is 5. The number of nitrogens with zero attached hydrogens (tertiary/aromatic N) is 1. The van der Waals surface area contributed by atoms with E-state index in [1.807, 2.05) is 30.0 Å². The molecule has 0 aromatic heterocycles. The summed E-state index contributed by atoms with van der Waals surface area (Å²) in [5, 5.41) is 10.1. The number of thioether (sulfide) groups is 1. The summed E-state index contributed by atoms with van der Waals surface area (Å²) >= 11 is 2.02. The van der Waals surface area contributed by atoms with Gasteiger partial charge < -0.3 is 15.6 Å². The summed E-state index contributed by atoms with van der Waals surface area (Å²) in [5.41, 5.74) is 6.38. The first-order valence-corrected chi connectivity index (χ1v) is 8.46. The van der Waals surface area contributed by atoms with Crippen LogP contribution in [0.2, 0.25) is 0 Å². The first-order chi connectivity index (χ1) is 9.94. The summed E-state index contributed by atoms with van der Waals surface area (Å²) in [6, 6.07) is 7.30. The van der Waals surface area contributed by atoms with E-state index >= 15 is 0 Å². The van der Waals surface area contributed by atoms with Crippen molar-refractivity contribution >= 4 is 17.4 Å². The van der Waals surface area contributed by atoms with Crippen LogP contribution in [0.25, 0.3) is 0 Å². The van der Waals surface area contributed by atoms with Gasteiger partial charge in [-0.2, -0.15) is 11.8 Å². The lowest BCUT2D eigenvalue weighted by molar-refractivity contribution is 0.0699. The SMILES string of the molecule is CC1(C)CCN(CC(O)COc2cccc(N)c2)CCS1. The molecule has 1 saturated heterocycles. The van der Waals surface area contributed by atoms with Gasteiger partial charge in [0.15, 0.2) is 0 Å². The zero-order valence-electron chi connectivity index (χ0n) is 12.9. The van der Waals surface area contributed by atoms with Gasteiger partial charge in [-0.15, -0.1) is 0 Å². The lowest BCUT2D eigenvalue weighted by Gasteiger charge is -2.24. The van der Waals surface area contributed by atoms with E-state index in [0.29, 0.717) is 29.3 Å². The van der Waals surface area contributed by atoms with Gasteiger partial charge in [0, 0.05) is 35.3 Å². The highest BCUT2D eigenvalue weighted by Gasteiger charge is 2.24. The second-order valence-electron chi connectivity index (χ2n) is 6.20. The molecule has 0 amide bonds. The van der Waals surface area contributed by atoms with Crippen molar-refractivity contribution in [3.63, 3.8) is 0 Å². The smallest absolute Gasteiger partial charge is 0.121 e. The average molecular weight is 310 g/mol. The molecule has 1 fully saturated rings. The molecule has 0 aliphatic carbocycles. The van der Waals surface area contributed by atoms with Gasteiger partial charge in [0.1, 0.15) is 18.5 Å². The van der Waals surface area contributed by atoms with Gasteiger partial charge in [-0.3, -0.25) is 4.90 Å². The van der Waals surface area contributed by atoms with E-state index in [9.17, 15) is 5.11 Å². The third-order valence-electron chi connectivity index (χ3n) is 3.70. The van der Waals surface area contributed by atoms with Crippen LogP contribution in [0.4, 0.5) is 5.69 Å². The first-order valence-electron chi connectivity index (χ1n) is 7.47. The predicted octanol–water partition coefficient (Wildman–Crippen LogP) is 2.23. The summed E-state index contributed by atoms with van der Waals surface area (Å²) in [5.74, 6) is 1.83. The second kappa shape index (κ2) is 7.38. The lowest BCUT2D eigenvalue weighted by Crippen LogP contribution is -2.37. The molecule has 5 heteroatoms. The second-order valence-corrected chi connectivity index (χ2v) is 8.00. The monoisotopic (exact) mass is 310 g/mol. The molecule has 1 atom stereocenters. The Morgan fingerprint density at radius 3 is 3.00 bits per heavy atom. The highest BCUT2D eigenvalue weighted by Crippen LogP contribution is 2.30. The van der Waals surface area contributed by atoms with Gasteiger partial charge in [0.05, 0.1) is 0 Å². The van der Waals surface area contributed by atoms with Crippen LogP contribution in [0, 0.1) is 0 Å². The van der Waals surface area contributed by atoms with Crippen LogP contribution < -0.4 is 10.5 Å². The number of benzene rings is 1. The van der Waals surface area contributed by atoms with E-state index in [1.54, 1.807) is 6.07 Å². The van der Waals surface area contributed by atoms with Crippen molar-refractivity contribution in [2.75, 3.05) is 37.7 Å². The molecule has 0 bridgehead atoms. The normalized spacial score (nSPS) is 20.7. The van der Waals surface area contributed by atoms with Crippen LogP contribution >= 0.6 is 11.8 Å². The summed E-state index contributed by atoms with van der Waals surface area (Å²) in [4.78, 5) is 2.33. The molecule has 1 aliphatic heterocycles. The van der Waals surface area contributed by atoms with Crippen molar-refractivity contribution in [3.05, 3.63) is 24.3 Å². The topological polar surface area (TPSA) is 58.7 Å². The fourth-order valence-corrected chi connectivity index (χ4v) is 3.53. The standard InChI is InChI=1S/C16H26N2O2S/c1-16(2)6-7-18(8-9-21-16)11-14(19)12-20-15-5-3-4-13(17)10-15/h3-5,10,14,19H,6-9,11-12,17H2,1-2H3. The number of hydrogen-bond acceptors (Lipinski definition) is 5. The lowest BCUT2D eigenvalue weighted by atomic mass is 10.1. The molecule has 2 rings (SSSR count). The predicted molar refractivity (Wildman–Crippen MR) is 90.0 cm³/mol. The molecule has 3 N–H and O–H groups in total. The fraction of sp³-hybridized carbons (Fsp3) is 0.625. The zero-order chi connectivity index (χ0) is 15.3. The number of aliphatic hydroxyl groups excluding tert-OH is 1. The summed E-state index contributed by atoms with van der Waals surface area (Å²) < 4.78 is 5.95. The van der Waals surface area contributed by atoms with Crippen molar-refractivity contribution in [1.29, 1.82) is 0 Å². The Bertz CT molecular complexity index is 454. The third-order valence-corrected chi connectivity index (χ3v) is 5.07. The molecular formula is C16H26N2O2S. The third kappa shape index (κ3) is 5.77. The Hall–Kier alpha value is -0.910. The average Bonchev–Trinajstić information content (AvgIpc) is 2.58. The van der Waals surface area contributed by atoms with Crippen molar-refractivity contribution < 1.29 is 9.84 Å². The first kappa shape index (κ1) is 16.5. The molecule has 0 spiro atoms. The van der Waals surface area contributed by atoms with Crippen LogP contribution in [-0.2, 0) is 0 Å². The minimum Gasteiger partial charge on any atom is -0.491 e. The highest BCUT2D eigenvalue weighted by molar-refractivity contribution is 8.00. The molecule has 1 aromatic rings. The Morgan fingerprint density at radius 1 is 1.43 bits per heavy atom. The van der Waals surface area contributed by atoms with E-state index in [4.69, 9.17) is 10.5 Å². The van der Waals surface area contributed by atoms with Gasteiger partial charge in [-0.05, 0) is 25.1 Å². The Balaban J connectivity index is 1.75. The number of β-amino-alcohol motifs (C(OH)–C–C–N with tert-alkyl or cyclic N) is 1. The molecule has 1 aliphatic rings. The van der Waals surface area contributed by atoms with Crippen molar-refractivity contribution in [1.82, 2.24) is 4.90 Å². The number of anilines is 1. The Kier molecular flexibility index (Phi) is 5.79. The number of hydrogen-bond donors (Lipinski definition) is 2. The molecule has 0 saturated carbocycles. The van der Waals surface area contributed by atoms with E-state index in [1.165, 1.54) is 0 Å². The van der Waals surface area contributed by atoms with E-state index in [-0.39, 0.29) is 0 Å². The van der Waals surface area contributed by atoms with Gasteiger partial charge in [-0.1, -0.05) is 19.9 Å². The summed E-state index contributed by atoms with van der Waals surface area (Å²) in [6.45, 7) is 7.62. The van der Waals surface area contributed by atoms with Crippen LogP contribution in [0.5, 0.6) is 5.75 Å². The molecule has 1 heterocycles. The molecule has 118 valence electrons. The molecule has 1 unspecified atom stereocenters. The Labute approximate surface area is 131 Å². The van der Waals surface area contributed by atoms with Crippen LogP contribution in [0.15, 0.2) is 24.3 Å². The van der Waals surface area contributed by atoms with Crippen LogP contribution in [-0.4, -0.2) is 52.9 Å². The number of nitrogens with two attached hydrogens (primary N) is 1. The number of aliphatic hydroxyl groups is 1. The van der Waals surface area contributed by atoms with Crippen molar-refractivity contribution in [3.8, 4) is 5.75 Å². The van der Waals surface area contributed by atoms with Crippen LogP contribution in [0.1, 0.15) is 20.3 Å². The maximum atomic E-state index is 10.1. The zero-order valence-corrected chi connectivity index (χ0v) is 13.7. The van der Waals surface area contributed by atoms with E-state index < -0.39 is 6.10 Å². The molecular weight excluding hydrogens is 284 g/mol. The van der Waals surface area contributed by atoms with Gasteiger partial charge in [-0.25, -0.2) is 0 Å². The van der Waals surface area contributed by atoms with Gasteiger partial charge in [0.2, 0.25) is 0 Å². The van der Waals surface area contributed by atoms with Crippen molar-refractivity contribution in [2.45, 2.75) is 31.1 Å². The number of ether oxygens (including phenoxy) is 1. The largest absolute Gasteiger partial charge is 0.491 e. The quantitative estimate of drug-likeness (QED) is 0.817. The van der Waals surface area contributed by atoms with Gasteiger partial charge in [0.25, 0.3) is 0 Å². The fourth-order valence-electron chi connectivity index (χ4n) is 2.39. The maximum Gasteiger partial charge on any atom is 0.121 e. The maximum absolute atomic E-state index is 10.1. The van der Waals surface area contributed by atoms with E-state index in [0.717, 1.165) is 25.3 Å². The Morgan fingerprint density at radius 2 is 2.24 bits per heavy atom. The van der Waals surface area contributed by atoms with Crippen LogP contribution in [0.3, 0.4) is 0 Å². The molecule has 21 heavy (non-hydrogen) atoms.